The molecule has 1 aromatic heterocycles. The molecule has 3 rings (SSSR count). The predicted molar refractivity (Wildman–Crippen MR) is 104 cm³/mol. The number of halogens is 4. The van der Waals surface area contributed by atoms with Crippen LogP contribution in [0.3, 0.4) is 0 Å². The number of ether oxygens (including phenoxy) is 1. The Balaban J connectivity index is 1.82. The van der Waals surface area contributed by atoms with E-state index in [1.165, 1.54) is 6.07 Å². The molecule has 0 spiro atoms. The van der Waals surface area contributed by atoms with Crippen molar-refractivity contribution in [3.63, 3.8) is 0 Å². The van der Waals surface area contributed by atoms with Crippen LogP contribution >= 0.6 is 11.6 Å². The fourth-order valence-corrected chi connectivity index (χ4v) is 2.82. The second kappa shape index (κ2) is 8.40. The molecule has 0 bridgehead atoms. The van der Waals surface area contributed by atoms with Crippen molar-refractivity contribution in [2.75, 3.05) is 10.4 Å². The number of rotatable bonds is 6. The smallest absolute Gasteiger partial charge is 0.417 e. The number of amides is 1. The monoisotopic (exact) mass is 421 g/mol. The number of aryl methyl sites for hydroxylation is 1. The first-order valence-corrected chi connectivity index (χ1v) is 8.72. The van der Waals surface area contributed by atoms with Crippen molar-refractivity contribution in [1.29, 1.82) is 0 Å². The van der Waals surface area contributed by atoms with E-state index in [0.29, 0.717) is 29.2 Å². The predicted octanol–water partition coefficient (Wildman–Crippen LogP) is 5.84. The van der Waals surface area contributed by atoms with E-state index in [1.54, 1.807) is 49.6 Å². The van der Waals surface area contributed by atoms with Gasteiger partial charge in [0.15, 0.2) is 0 Å². The molecule has 0 fully saturated rings. The van der Waals surface area contributed by atoms with Crippen LogP contribution in [0.4, 0.5) is 24.5 Å². The first-order valence-electron chi connectivity index (χ1n) is 8.34. The van der Waals surface area contributed by atoms with Crippen LogP contribution in [0.15, 0.2) is 60.9 Å². The van der Waals surface area contributed by atoms with Crippen molar-refractivity contribution in [3.05, 3.63) is 77.1 Å². The van der Waals surface area contributed by atoms with E-state index in [-0.39, 0.29) is 5.69 Å². The average molecular weight is 422 g/mol. The number of alkyl halides is 3. The molecule has 2 aromatic carbocycles. The lowest BCUT2D eigenvalue weighted by Gasteiger charge is -2.23. The highest BCUT2D eigenvalue weighted by Crippen LogP contribution is 2.36. The highest BCUT2D eigenvalue weighted by molar-refractivity contribution is 6.31. The molecule has 0 unspecified atom stereocenters. The van der Waals surface area contributed by atoms with E-state index >= 15 is 0 Å². The van der Waals surface area contributed by atoms with E-state index in [0.717, 1.165) is 17.1 Å². The molecule has 0 radical (unpaired) electrons. The zero-order chi connectivity index (χ0) is 21.0. The highest BCUT2D eigenvalue weighted by atomic mass is 35.5. The van der Waals surface area contributed by atoms with Crippen LogP contribution in [-0.4, -0.2) is 11.4 Å². The Kier molecular flexibility index (Phi) is 5.93. The molecule has 150 valence electrons. The van der Waals surface area contributed by atoms with Crippen LogP contribution in [0.2, 0.25) is 5.02 Å². The molecular formula is C20H15ClF3N3O2. The summed E-state index contributed by atoms with van der Waals surface area (Å²) in [5, 5.41) is 0.654. The van der Waals surface area contributed by atoms with Gasteiger partial charge in [-0.2, -0.15) is 13.2 Å². The molecular weight excluding hydrogens is 407 g/mol. The fourth-order valence-electron chi connectivity index (χ4n) is 2.60. The maximum absolute atomic E-state index is 13.0. The summed E-state index contributed by atoms with van der Waals surface area (Å²) in [6, 6.07) is 11.7. The summed E-state index contributed by atoms with van der Waals surface area (Å²) in [5.74, 6) is 1.07. The summed E-state index contributed by atoms with van der Waals surface area (Å²) in [5.41, 5.74) is 2.83. The summed E-state index contributed by atoms with van der Waals surface area (Å²) in [6.45, 7) is 1.74. The lowest BCUT2D eigenvalue weighted by molar-refractivity contribution is -0.137. The van der Waals surface area contributed by atoms with Crippen LogP contribution in [-0.2, 0) is 11.0 Å². The summed E-state index contributed by atoms with van der Waals surface area (Å²) >= 11 is 5.63. The van der Waals surface area contributed by atoms with Crippen molar-refractivity contribution in [3.8, 4) is 11.5 Å². The van der Waals surface area contributed by atoms with Gasteiger partial charge in [-0.3, -0.25) is 15.2 Å². The number of benzene rings is 2. The van der Waals surface area contributed by atoms with Crippen LogP contribution in [0.1, 0.15) is 11.1 Å². The number of nitrogens with zero attached hydrogens (tertiary/aromatic N) is 2. The quantitative estimate of drug-likeness (QED) is 0.401. The summed E-state index contributed by atoms with van der Waals surface area (Å²) in [4.78, 5) is 15.5. The van der Waals surface area contributed by atoms with Crippen molar-refractivity contribution in [2.24, 2.45) is 0 Å². The van der Waals surface area contributed by atoms with Crippen LogP contribution < -0.4 is 15.2 Å². The molecule has 5 nitrogen and oxygen atoms in total. The van der Waals surface area contributed by atoms with Crippen molar-refractivity contribution in [1.82, 2.24) is 4.98 Å². The molecule has 0 atom stereocenters. The number of nitrogens with one attached hydrogen (secondary N) is 1. The standard InChI is InChI=1S/C20H15ClF3N3O2/c1-13-9-15(29-16-3-2-8-25-11-16)5-7-19(13)27(12-28)26-14-4-6-18(21)17(10-14)20(22,23)24/h2-12,26H,1H3. The van der Waals surface area contributed by atoms with Crippen LogP contribution in [0.5, 0.6) is 11.5 Å². The fraction of sp³-hybridized carbons (Fsp3) is 0.100. The molecule has 0 aliphatic heterocycles. The molecule has 29 heavy (non-hydrogen) atoms. The topological polar surface area (TPSA) is 54.5 Å². The van der Waals surface area contributed by atoms with Gasteiger partial charge in [0.2, 0.25) is 6.41 Å². The average Bonchev–Trinajstić information content (AvgIpc) is 2.68. The first-order chi connectivity index (χ1) is 13.8. The largest absolute Gasteiger partial charge is 0.456 e. The molecule has 0 saturated carbocycles. The second-order valence-corrected chi connectivity index (χ2v) is 6.43. The van der Waals surface area contributed by atoms with Crippen LogP contribution in [0.25, 0.3) is 0 Å². The number of aromatic nitrogens is 1. The zero-order valence-electron chi connectivity index (χ0n) is 15.1. The van der Waals surface area contributed by atoms with Crippen molar-refractivity contribution in [2.45, 2.75) is 13.1 Å². The van der Waals surface area contributed by atoms with Crippen molar-refractivity contribution < 1.29 is 22.7 Å². The van der Waals surface area contributed by atoms with Gasteiger partial charge < -0.3 is 4.74 Å². The molecule has 0 saturated heterocycles. The molecule has 9 heteroatoms. The van der Waals surface area contributed by atoms with Gasteiger partial charge in [-0.15, -0.1) is 0 Å². The van der Waals surface area contributed by atoms with E-state index in [2.05, 4.69) is 10.4 Å². The van der Waals surface area contributed by atoms with Gasteiger partial charge in [-0.1, -0.05) is 11.6 Å². The van der Waals surface area contributed by atoms with E-state index in [9.17, 15) is 18.0 Å². The normalized spacial score (nSPS) is 11.1. The van der Waals surface area contributed by atoms with Gasteiger partial charge in [0, 0.05) is 6.20 Å². The van der Waals surface area contributed by atoms with Gasteiger partial charge in [0.05, 0.1) is 28.2 Å². The Morgan fingerprint density at radius 2 is 1.93 bits per heavy atom. The number of pyridine rings is 1. The minimum atomic E-state index is -4.61. The number of hydrogen-bond acceptors (Lipinski definition) is 4. The maximum atomic E-state index is 13.0. The van der Waals surface area contributed by atoms with Gasteiger partial charge >= 0.3 is 6.18 Å². The van der Waals surface area contributed by atoms with Crippen LogP contribution in [0, 0.1) is 6.92 Å². The van der Waals surface area contributed by atoms with Gasteiger partial charge in [-0.05, 0) is 61.0 Å². The van der Waals surface area contributed by atoms with E-state index < -0.39 is 16.8 Å². The number of anilines is 2. The number of hydrazine groups is 1. The molecule has 3 aromatic rings. The third-order valence-corrected chi connectivity index (χ3v) is 4.25. The van der Waals surface area contributed by atoms with Gasteiger partial charge in [0.1, 0.15) is 11.5 Å². The SMILES string of the molecule is Cc1cc(Oc2cccnc2)ccc1N(C=O)Nc1ccc(Cl)c(C(F)(F)F)c1. The first kappa shape index (κ1) is 20.5. The Hall–Kier alpha value is -3.26. The van der Waals surface area contributed by atoms with Gasteiger partial charge in [-0.25, -0.2) is 5.01 Å². The molecule has 1 amide bonds. The van der Waals surface area contributed by atoms with Gasteiger partial charge in [0.25, 0.3) is 0 Å². The minimum Gasteiger partial charge on any atom is -0.456 e. The minimum absolute atomic E-state index is 0.0592. The maximum Gasteiger partial charge on any atom is 0.417 e. The molecule has 1 heterocycles. The Labute approximate surface area is 169 Å². The molecule has 0 aliphatic carbocycles. The Bertz CT molecular complexity index is 1010. The summed E-state index contributed by atoms with van der Waals surface area (Å²) in [6.07, 6.45) is -0.967. The van der Waals surface area contributed by atoms with Crippen molar-refractivity contribution >= 4 is 29.4 Å². The Morgan fingerprint density at radius 3 is 2.55 bits per heavy atom. The molecule has 1 N–H and O–H groups in total. The van der Waals surface area contributed by atoms with E-state index in [4.69, 9.17) is 16.3 Å². The second-order valence-electron chi connectivity index (χ2n) is 6.02. The highest BCUT2D eigenvalue weighted by Gasteiger charge is 2.33. The molecule has 0 aliphatic rings. The third kappa shape index (κ3) is 4.97. The van der Waals surface area contributed by atoms with E-state index in [1.807, 2.05) is 0 Å². The Morgan fingerprint density at radius 1 is 1.14 bits per heavy atom. The summed E-state index contributed by atoms with van der Waals surface area (Å²) < 4.78 is 44.8. The lowest BCUT2D eigenvalue weighted by Crippen LogP contribution is -2.29. The third-order valence-electron chi connectivity index (χ3n) is 3.92. The lowest BCUT2D eigenvalue weighted by atomic mass is 10.2. The number of carbonyl (C=O) groups excluding carboxylic acids is 1. The number of hydrogen-bond donors (Lipinski definition) is 1. The zero-order valence-corrected chi connectivity index (χ0v) is 15.8. The number of carbonyl (C=O) groups is 1. The summed E-state index contributed by atoms with van der Waals surface area (Å²) in [7, 11) is 0.